The van der Waals surface area contributed by atoms with E-state index in [0.29, 0.717) is 37.9 Å². The molecule has 1 fully saturated rings. The smallest absolute Gasteiger partial charge is 0.341 e. The zero-order valence-electron chi connectivity index (χ0n) is 21.0. The molecule has 1 aliphatic rings. The highest BCUT2D eigenvalue weighted by Crippen LogP contribution is 2.38. The monoisotopic (exact) mass is 514 g/mol. The topological polar surface area (TPSA) is 35.5 Å². The van der Waals surface area contributed by atoms with Crippen molar-refractivity contribution in [2.24, 2.45) is 0 Å². The quantitative estimate of drug-likeness (QED) is 0.172. The average Bonchev–Trinajstić information content (AvgIpc) is 2.89. The number of carbonyl (C=O) groups excluding carboxylic acids is 1. The SMILES string of the molecule is CCCCOc1ccc(C2CCC(OC(=O)c3ccc(-c4ccc(C)cc4)c(F)c3F)CC2)c(F)c1F. The molecule has 196 valence electrons. The van der Waals surface area contributed by atoms with Gasteiger partial charge in [-0.05, 0) is 68.2 Å². The number of benzene rings is 3. The number of carbonyl (C=O) groups is 1. The van der Waals surface area contributed by atoms with Crippen LogP contribution in [-0.2, 0) is 4.74 Å². The minimum absolute atomic E-state index is 0.0607. The second-order valence-corrected chi connectivity index (χ2v) is 9.52. The lowest BCUT2D eigenvalue weighted by Gasteiger charge is -2.29. The summed E-state index contributed by atoms with van der Waals surface area (Å²) in [5.41, 5.74) is 1.35. The van der Waals surface area contributed by atoms with Crippen LogP contribution in [0.5, 0.6) is 5.75 Å². The number of esters is 1. The second kappa shape index (κ2) is 11.8. The van der Waals surface area contributed by atoms with Crippen LogP contribution in [0.25, 0.3) is 11.1 Å². The molecule has 0 bridgehead atoms. The van der Waals surface area contributed by atoms with Crippen LogP contribution < -0.4 is 4.74 Å². The standard InChI is InChI=1S/C30H30F4O3/c1-3-4-17-36-25-16-15-23(27(32)29(25)34)20-9-11-21(12-10-20)37-30(35)24-14-13-22(26(31)28(24)33)19-7-5-18(2)6-8-19/h5-8,13-16,20-21H,3-4,9-12,17H2,1-2H3. The molecule has 0 aromatic heterocycles. The van der Waals surface area contributed by atoms with Gasteiger partial charge in [0.05, 0.1) is 12.2 Å². The predicted molar refractivity (Wildman–Crippen MR) is 134 cm³/mol. The fourth-order valence-corrected chi connectivity index (χ4v) is 4.67. The summed E-state index contributed by atoms with van der Waals surface area (Å²) in [4.78, 5) is 12.6. The number of rotatable bonds is 8. The van der Waals surface area contributed by atoms with Crippen molar-refractivity contribution in [2.45, 2.75) is 64.4 Å². The lowest BCUT2D eigenvalue weighted by Crippen LogP contribution is -2.25. The molecule has 0 spiro atoms. The van der Waals surface area contributed by atoms with Crippen LogP contribution in [0.2, 0.25) is 0 Å². The molecule has 3 aromatic carbocycles. The largest absolute Gasteiger partial charge is 0.490 e. The van der Waals surface area contributed by atoms with E-state index < -0.39 is 40.9 Å². The van der Waals surface area contributed by atoms with Crippen molar-refractivity contribution in [3.05, 3.63) is 88.5 Å². The van der Waals surface area contributed by atoms with Gasteiger partial charge >= 0.3 is 5.97 Å². The van der Waals surface area contributed by atoms with Crippen LogP contribution in [0.3, 0.4) is 0 Å². The van der Waals surface area contributed by atoms with E-state index in [-0.39, 0.29) is 22.8 Å². The van der Waals surface area contributed by atoms with Crippen molar-refractivity contribution in [2.75, 3.05) is 6.61 Å². The van der Waals surface area contributed by atoms with Crippen LogP contribution in [0.15, 0.2) is 48.5 Å². The Labute approximate surface area is 214 Å². The first-order valence-corrected chi connectivity index (χ1v) is 12.7. The van der Waals surface area contributed by atoms with Gasteiger partial charge in [-0.1, -0.05) is 55.3 Å². The maximum atomic E-state index is 14.8. The van der Waals surface area contributed by atoms with Gasteiger partial charge in [-0.2, -0.15) is 4.39 Å². The molecule has 4 rings (SSSR count). The molecule has 7 heteroatoms. The second-order valence-electron chi connectivity index (χ2n) is 9.52. The van der Waals surface area contributed by atoms with E-state index in [0.717, 1.165) is 18.4 Å². The lowest BCUT2D eigenvalue weighted by molar-refractivity contribution is 0.0188. The Balaban J connectivity index is 1.38. The highest BCUT2D eigenvalue weighted by Gasteiger charge is 2.30. The van der Waals surface area contributed by atoms with Crippen LogP contribution >= 0.6 is 0 Å². The number of halogens is 4. The van der Waals surface area contributed by atoms with E-state index in [4.69, 9.17) is 9.47 Å². The molecule has 0 heterocycles. The molecule has 0 amide bonds. The number of unbranched alkanes of at least 4 members (excludes halogenated alkanes) is 1. The highest BCUT2D eigenvalue weighted by molar-refractivity contribution is 5.90. The summed E-state index contributed by atoms with van der Waals surface area (Å²) in [6, 6.07) is 12.5. The van der Waals surface area contributed by atoms with Gasteiger partial charge in [-0.3, -0.25) is 0 Å². The lowest BCUT2D eigenvalue weighted by atomic mass is 9.82. The summed E-state index contributed by atoms with van der Waals surface area (Å²) in [5, 5.41) is 0. The molecule has 0 N–H and O–H groups in total. The first kappa shape index (κ1) is 26.7. The van der Waals surface area contributed by atoms with Gasteiger partial charge in [0.1, 0.15) is 6.10 Å². The highest BCUT2D eigenvalue weighted by atomic mass is 19.2. The zero-order chi connectivity index (χ0) is 26.5. The Bertz CT molecular complexity index is 1250. The van der Waals surface area contributed by atoms with Gasteiger partial charge in [0.2, 0.25) is 5.82 Å². The van der Waals surface area contributed by atoms with Gasteiger partial charge < -0.3 is 9.47 Å². The molecule has 0 radical (unpaired) electrons. The third kappa shape index (κ3) is 5.97. The van der Waals surface area contributed by atoms with E-state index in [9.17, 15) is 22.4 Å². The maximum absolute atomic E-state index is 14.8. The molecule has 0 unspecified atom stereocenters. The Morgan fingerprint density at radius 2 is 1.54 bits per heavy atom. The molecule has 0 aliphatic heterocycles. The third-order valence-corrected chi connectivity index (χ3v) is 6.88. The number of hydrogen-bond acceptors (Lipinski definition) is 3. The number of ether oxygens (including phenoxy) is 2. The van der Waals surface area contributed by atoms with Crippen LogP contribution in [0.4, 0.5) is 17.6 Å². The molecule has 3 nitrogen and oxygen atoms in total. The zero-order valence-corrected chi connectivity index (χ0v) is 21.0. The van der Waals surface area contributed by atoms with E-state index in [1.807, 2.05) is 13.8 Å². The average molecular weight is 515 g/mol. The van der Waals surface area contributed by atoms with E-state index in [1.165, 1.54) is 18.2 Å². The molecular formula is C30H30F4O3. The molecular weight excluding hydrogens is 484 g/mol. The van der Waals surface area contributed by atoms with Crippen molar-refractivity contribution in [3.8, 4) is 16.9 Å². The van der Waals surface area contributed by atoms with E-state index >= 15 is 0 Å². The minimum Gasteiger partial charge on any atom is -0.490 e. The third-order valence-electron chi connectivity index (χ3n) is 6.88. The summed E-state index contributed by atoms with van der Waals surface area (Å²) in [6.07, 6.45) is 2.85. The van der Waals surface area contributed by atoms with Crippen molar-refractivity contribution in [1.82, 2.24) is 0 Å². The van der Waals surface area contributed by atoms with Crippen LogP contribution in [0, 0.1) is 30.2 Å². The van der Waals surface area contributed by atoms with Gasteiger partial charge in [-0.15, -0.1) is 0 Å². The fraction of sp³-hybridized carbons (Fsp3) is 0.367. The van der Waals surface area contributed by atoms with Crippen molar-refractivity contribution < 1.29 is 31.8 Å². The Hall–Kier alpha value is -3.35. The van der Waals surface area contributed by atoms with Crippen molar-refractivity contribution >= 4 is 5.97 Å². The Morgan fingerprint density at radius 1 is 0.838 bits per heavy atom. The first-order valence-electron chi connectivity index (χ1n) is 12.7. The Kier molecular flexibility index (Phi) is 8.52. The Morgan fingerprint density at radius 3 is 2.22 bits per heavy atom. The number of hydrogen-bond donors (Lipinski definition) is 0. The van der Waals surface area contributed by atoms with Gasteiger partial charge in [0.15, 0.2) is 23.2 Å². The van der Waals surface area contributed by atoms with Gasteiger partial charge in [0.25, 0.3) is 0 Å². The summed E-state index contributed by atoms with van der Waals surface area (Å²) in [7, 11) is 0. The van der Waals surface area contributed by atoms with Crippen LogP contribution in [0.1, 0.15) is 72.9 Å². The molecule has 0 atom stereocenters. The fourth-order valence-electron chi connectivity index (χ4n) is 4.67. The maximum Gasteiger partial charge on any atom is 0.341 e. The summed E-state index contributed by atoms with van der Waals surface area (Å²) in [6.45, 7) is 4.19. The van der Waals surface area contributed by atoms with Gasteiger partial charge in [0, 0.05) is 5.56 Å². The normalized spacial score (nSPS) is 17.5. The predicted octanol–water partition coefficient (Wildman–Crippen LogP) is 8.28. The summed E-state index contributed by atoms with van der Waals surface area (Å²) in [5.74, 6) is -5.55. The van der Waals surface area contributed by atoms with Crippen molar-refractivity contribution in [3.63, 3.8) is 0 Å². The molecule has 1 saturated carbocycles. The summed E-state index contributed by atoms with van der Waals surface area (Å²) >= 11 is 0. The molecule has 0 saturated heterocycles. The first-order chi connectivity index (χ1) is 17.8. The van der Waals surface area contributed by atoms with E-state index in [1.54, 1.807) is 30.3 Å². The van der Waals surface area contributed by atoms with E-state index in [2.05, 4.69) is 0 Å². The molecule has 1 aliphatic carbocycles. The van der Waals surface area contributed by atoms with Crippen LogP contribution in [-0.4, -0.2) is 18.7 Å². The number of aryl methyl sites for hydroxylation is 1. The van der Waals surface area contributed by atoms with Gasteiger partial charge in [-0.25, -0.2) is 18.0 Å². The molecule has 37 heavy (non-hydrogen) atoms. The summed E-state index contributed by atoms with van der Waals surface area (Å²) < 4.78 is 69.5. The van der Waals surface area contributed by atoms with Crippen molar-refractivity contribution in [1.29, 1.82) is 0 Å². The minimum atomic E-state index is -1.25. The molecule has 3 aromatic rings.